The molecular formula is C10H11BrFNO4. The molecule has 0 aliphatic carbocycles. The first kappa shape index (κ1) is 13.7. The molecule has 1 rings (SSSR count). The molecule has 7 heteroatoms. The third-order valence-electron chi connectivity index (χ3n) is 2.18. The molecule has 0 heterocycles. The number of benzene rings is 1. The number of rotatable bonds is 4. The molecule has 94 valence electrons. The lowest BCUT2D eigenvalue weighted by molar-refractivity contribution is -0.138. The first-order valence-corrected chi connectivity index (χ1v) is 5.31. The van der Waals surface area contributed by atoms with Crippen LogP contribution in [0.2, 0.25) is 0 Å². The largest absolute Gasteiger partial charge is 0.493 e. The summed E-state index contributed by atoms with van der Waals surface area (Å²) in [6, 6.07) is -0.0794. The van der Waals surface area contributed by atoms with E-state index in [1.807, 2.05) is 0 Å². The van der Waals surface area contributed by atoms with Crippen molar-refractivity contribution in [2.45, 2.75) is 6.04 Å². The van der Waals surface area contributed by atoms with Crippen molar-refractivity contribution in [3.05, 3.63) is 21.9 Å². The van der Waals surface area contributed by atoms with Gasteiger partial charge < -0.3 is 20.3 Å². The Morgan fingerprint density at radius 1 is 1.53 bits per heavy atom. The van der Waals surface area contributed by atoms with Crippen molar-refractivity contribution >= 4 is 21.9 Å². The van der Waals surface area contributed by atoms with Gasteiger partial charge in [-0.2, -0.15) is 0 Å². The number of carboxylic acid groups (broad SMARTS) is 1. The molecule has 0 aliphatic rings. The summed E-state index contributed by atoms with van der Waals surface area (Å²) in [7, 11) is 2.60. The van der Waals surface area contributed by atoms with E-state index in [9.17, 15) is 9.18 Å². The van der Waals surface area contributed by atoms with Crippen molar-refractivity contribution in [3.8, 4) is 11.5 Å². The molecule has 3 N–H and O–H groups in total. The molecule has 0 aliphatic heterocycles. The number of aliphatic carboxylic acids is 1. The van der Waals surface area contributed by atoms with E-state index in [0.717, 1.165) is 0 Å². The number of carbonyl (C=O) groups is 1. The van der Waals surface area contributed by atoms with Crippen LogP contribution in [0.5, 0.6) is 11.5 Å². The standard InChI is InChI=1S/C10H11BrFNO4/c1-16-5-3-4(11)6(8(13)10(14)15)7(12)9(5)17-2/h3,8H,13H2,1-2H3,(H,14,15). The minimum absolute atomic E-state index is 0.151. The van der Waals surface area contributed by atoms with Gasteiger partial charge in [0.2, 0.25) is 0 Å². The van der Waals surface area contributed by atoms with Crippen LogP contribution in [-0.2, 0) is 4.79 Å². The highest BCUT2D eigenvalue weighted by Gasteiger charge is 2.26. The van der Waals surface area contributed by atoms with Gasteiger partial charge in [-0.1, -0.05) is 15.9 Å². The van der Waals surface area contributed by atoms with Crippen molar-refractivity contribution in [2.24, 2.45) is 5.73 Å². The van der Waals surface area contributed by atoms with E-state index < -0.39 is 17.8 Å². The van der Waals surface area contributed by atoms with Crippen molar-refractivity contribution in [3.63, 3.8) is 0 Å². The molecule has 0 spiro atoms. The number of ether oxygens (including phenoxy) is 2. The second kappa shape index (κ2) is 5.33. The first-order chi connectivity index (χ1) is 7.93. The van der Waals surface area contributed by atoms with Gasteiger partial charge in [0.1, 0.15) is 6.04 Å². The fourth-order valence-electron chi connectivity index (χ4n) is 1.34. The molecule has 1 aromatic rings. The van der Waals surface area contributed by atoms with Gasteiger partial charge in [-0.25, -0.2) is 4.39 Å². The molecule has 1 unspecified atom stereocenters. The maximum absolute atomic E-state index is 14.0. The Hall–Kier alpha value is -1.34. The lowest BCUT2D eigenvalue weighted by Gasteiger charge is -2.15. The van der Waals surface area contributed by atoms with Gasteiger partial charge in [-0.15, -0.1) is 0 Å². The number of halogens is 2. The number of nitrogens with two attached hydrogens (primary N) is 1. The van der Waals surface area contributed by atoms with Gasteiger partial charge in [0.15, 0.2) is 17.3 Å². The first-order valence-electron chi connectivity index (χ1n) is 4.52. The van der Waals surface area contributed by atoms with Crippen LogP contribution in [0, 0.1) is 5.82 Å². The van der Waals surface area contributed by atoms with Crippen LogP contribution >= 0.6 is 15.9 Å². The highest BCUT2D eigenvalue weighted by atomic mass is 79.9. The normalized spacial score (nSPS) is 12.1. The summed E-state index contributed by atoms with van der Waals surface area (Å²) in [5.74, 6) is -2.22. The van der Waals surface area contributed by atoms with Crippen LogP contribution < -0.4 is 15.2 Å². The zero-order valence-electron chi connectivity index (χ0n) is 9.16. The highest BCUT2D eigenvalue weighted by molar-refractivity contribution is 9.10. The Bertz CT molecular complexity index is 452. The van der Waals surface area contributed by atoms with E-state index in [1.165, 1.54) is 20.3 Å². The predicted molar refractivity (Wildman–Crippen MR) is 61.8 cm³/mol. The zero-order chi connectivity index (χ0) is 13.2. The zero-order valence-corrected chi connectivity index (χ0v) is 10.7. The average Bonchev–Trinajstić information content (AvgIpc) is 2.27. The molecule has 1 atom stereocenters. The molecule has 0 aromatic heterocycles. The van der Waals surface area contributed by atoms with E-state index in [2.05, 4.69) is 15.9 Å². The Balaban J connectivity index is 3.47. The maximum atomic E-state index is 14.0. The number of carboxylic acids is 1. The van der Waals surface area contributed by atoms with E-state index >= 15 is 0 Å². The van der Waals surface area contributed by atoms with Gasteiger partial charge in [0, 0.05) is 10.0 Å². The predicted octanol–water partition coefficient (Wildman–Crippen LogP) is 1.69. The second-order valence-corrected chi connectivity index (χ2v) is 3.99. The molecule has 17 heavy (non-hydrogen) atoms. The van der Waals surface area contributed by atoms with Crippen LogP contribution in [0.1, 0.15) is 11.6 Å². The van der Waals surface area contributed by atoms with Crippen LogP contribution in [0.3, 0.4) is 0 Å². The topological polar surface area (TPSA) is 81.8 Å². The van der Waals surface area contributed by atoms with Crippen molar-refractivity contribution in [2.75, 3.05) is 14.2 Å². The quantitative estimate of drug-likeness (QED) is 0.884. The highest BCUT2D eigenvalue weighted by Crippen LogP contribution is 2.39. The van der Waals surface area contributed by atoms with Gasteiger partial charge in [0.25, 0.3) is 0 Å². The van der Waals surface area contributed by atoms with Gasteiger partial charge in [-0.05, 0) is 6.07 Å². The van der Waals surface area contributed by atoms with Crippen LogP contribution in [0.25, 0.3) is 0 Å². The summed E-state index contributed by atoms with van der Waals surface area (Å²) in [5, 5.41) is 8.79. The summed E-state index contributed by atoms with van der Waals surface area (Å²) in [6.07, 6.45) is 0. The van der Waals surface area contributed by atoms with Gasteiger partial charge in [-0.3, -0.25) is 4.79 Å². The van der Waals surface area contributed by atoms with Gasteiger partial charge in [0.05, 0.1) is 14.2 Å². The van der Waals surface area contributed by atoms with E-state index in [0.29, 0.717) is 0 Å². The van der Waals surface area contributed by atoms with Crippen molar-refractivity contribution in [1.29, 1.82) is 0 Å². The van der Waals surface area contributed by atoms with E-state index in [-0.39, 0.29) is 21.5 Å². The second-order valence-electron chi connectivity index (χ2n) is 3.14. The summed E-state index contributed by atoms with van der Waals surface area (Å²) in [5.41, 5.74) is 5.20. The van der Waals surface area contributed by atoms with Gasteiger partial charge >= 0.3 is 5.97 Å². The lowest BCUT2D eigenvalue weighted by Crippen LogP contribution is -2.22. The van der Waals surface area contributed by atoms with Crippen molar-refractivity contribution < 1.29 is 23.8 Å². The Kier molecular flexibility index (Phi) is 4.30. The molecule has 0 bridgehead atoms. The summed E-state index contributed by atoms with van der Waals surface area (Å²) in [4.78, 5) is 10.8. The minimum Gasteiger partial charge on any atom is -0.493 e. The smallest absolute Gasteiger partial charge is 0.325 e. The fraction of sp³-hybridized carbons (Fsp3) is 0.300. The Morgan fingerprint density at radius 2 is 2.12 bits per heavy atom. The van der Waals surface area contributed by atoms with Crippen LogP contribution in [-0.4, -0.2) is 25.3 Å². The maximum Gasteiger partial charge on any atom is 0.325 e. The number of hydrogen-bond acceptors (Lipinski definition) is 4. The number of hydrogen-bond donors (Lipinski definition) is 2. The van der Waals surface area contributed by atoms with Crippen molar-refractivity contribution in [1.82, 2.24) is 0 Å². The van der Waals surface area contributed by atoms with Crippen LogP contribution in [0.15, 0.2) is 10.5 Å². The van der Waals surface area contributed by atoms with Crippen LogP contribution in [0.4, 0.5) is 4.39 Å². The number of methoxy groups -OCH3 is 2. The third-order valence-corrected chi connectivity index (χ3v) is 2.83. The summed E-state index contributed by atoms with van der Waals surface area (Å²) in [6.45, 7) is 0. The molecule has 0 fully saturated rings. The average molecular weight is 308 g/mol. The minimum atomic E-state index is -1.48. The molecule has 1 aromatic carbocycles. The molecule has 0 radical (unpaired) electrons. The third kappa shape index (κ3) is 2.50. The summed E-state index contributed by atoms with van der Waals surface area (Å²) >= 11 is 3.05. The Labute approximate surface area is 105 Å². The SMILES string of the molecule is COc1cc(Br)c(C(N)C(=O)O)c(F)c1OC. The molecular weight excluding hydrogens is 297 g/mol. The fourth-order valence-corrected chi connectivity index (χ4v) is 1.97. The molecule has 5 nitrogen and oxygen atoms in total. The van der Waals surface area contributed by atoms with E-state index in [1.54, 1.807) is 0 Å². The Morgan fingerprint density at radius 3 is 2.53 bits per heavy atom. The van der Waals surface area contributed by atoms with E-state index in [4.69, 9.17) is 20.3 Å². The monoisotopic (exact) mass is 307 g/mol. The molecule has 0 amide bonds. The molecule has 0 saturated carbocycles. The summed E-state index contributed by atoms with van der Waals surface area (Å²) < 4.78 is 24.0. The lowest BCUT2D eigenvalue weighted by atomic mass is 10.1. The molecule has 0 saturated heterocycles.